The lowest BCUT2D eigenvalue weighted by atomic mass is 10.1. The number of nitrogens with one attached hydrogen (secondary N) is 2. The van der Waals surface area contributed by atoms with Crippen molar-refractivity contribution in [2.75, 3.05) is 18.4 Å². The molecule has 0 unspecified atom stereocenters. The van der Waals surface area contributed by atoms with E-state index in [1.54, 1.807) is 43.3 Å². The number of carbonyl (C=O) groups is 2. The molecule has 1 saturated heterocycles. The molecule has 0 atom stereocenters. The monoisotopic (exact) mass is 427 g/mol. The molecule has 0 aromatic heterocycles. The maximum absolute atomic E-state index is 12.8. The highest BCUT2D eigenvalue weighted by atomic mass is 32.2. The van der Waals surface area contributed by atoms with Crippen LogP contribution in [0.3, 0.4) is 0 Å². The van der Waals surface area contributed by atoms with Crippen molar-refractivity contribution in [3.63, 3.8) is 0 Å². The van der Waals surface area contributed by atoms with Crippen LogP contribution in [0.15, 0.2) is 47.4 Å². The second-order valence-corrected chi connectivity index (χ2v) is 9.81. The molecule has 1 saturated carbocycles. The molecular formula is C22H25N3O4S. The summed E-state index contributed by atoms with van der Waals surface area (Å²) in [5, 5.41) is 5.71. The van der Waals surface area contributed by atoms with Gasteiger partial charge in [0.25, 0.3) is 11.8 Å². The number of amides is 2. The highest BCUT2D eigenvalue weighted by Gasteiger charge is 2.28. The number of rotatable bonds is 6. The van der Waals surface area contributed by atoms with Crippen molar-refractivity contribution < 1.29 is 18.0 Å². The van der Waals surface area contributed by atoms with E-state index in [2.05, 4.69) is 10.6 Å². The lowest BCUT2D eigenvalue weighted by Gasteiger charge is -2.17. The van der Waals surface area contributed by atoms with E-state index in [0.717, 1.165) is 25.7 Å². The molecule has 2 aromatic carbocycles. The Morgan fingerprint density at radius 3 is 2.27 bits per heavy atom. The van der Waals surface area contributed by atoms with Gasteiger partial charge in [-0.25, -0.2) is 8.42 Å². The van der Waals surface area contributed by atoms with Crippen LogP contribution >= 0.6 is 0 Å². The molecule has 1 heterocycles. The summed E-state index contributed by atoms with van der Waals surface area (Å²) in [6.07, 6.45) is 3.75. The van der Waals surface area contributed by atoms with Crippen LogP contribution in [0.1, 0.15) is 52.0 Å². The number of aryl methyl sites for hydroxylation is 1. The minimum absolute atomic E-state index is 0.119. The van der Waals surface area contributed by atoms with Gasteiger partial charge < -0.3 is 10.6 Å². The van der Waals surface area contributed by atoms with Gasteiger partial charge in [0.1, 0.15) is 0 Å². The zero-order chi connectivity index (χ0) is 21.3. The van der Waals surface area contributed by atoms with Gasteiger partial charge in [-0.05, 0) is 74.6 Å². The third-order valence-corrected chi connectivity index (χ3v) is 7.37. The summed E-state index contributed by atoms with van der Waals surface area (Å²) in [4.78, 5) is 25.0. The van der Waals surface area contributed by atoms with Gasteiger partial charge in [-0.3, -0.25) is 9.59 Å². The minimum atomic E-state index is -3.60. The maximum atomic E-state index is 12.8. The van der Waals surface area contributed by atoms with Gasteiger partial charge in [-0.15, -0.1) is 0 Å². The minimum Gasteiger partial charge on any atom is -0.349 e. The van der Waals surface area contributed by atoms with Crippen LogP contribution < -0.4 is 10.6 Å². The largest absolute Gasteiger partial charge is 0.349 e. The summed E-state index contributed by atoms with van der Waals surface area (Å²) in [7, 11) is -3.60. The predicted molar refractivity (Wildman–Crippen MR) is 114 cm³/mol. The highest BCUT2D eigenvalue weighted by Crippen LogP contribution is 2.24. The normalized spacial score (nSPS) is 17.0. The first-order chi connectivity index (χ1) is 14.3. The Bertz CT molecular complexity index is 1070. The SMILES string of the molecule is Cc1ccc(S(=O)(=O)N2CCCC2)cc1C(=O)Nc1ccc(C(=O)NC2CC2)cc1. The Hall–Kier alpha value is -2.71. The Morgan fingerprint density at radius 2 is 1.63 bits per heavy atom. The van der Waals surface area contributed by atoms with Crippen molar-refractivity contribution in [3.05, 3.63) is 59.2 Å². The van der Waals surface area contributed by atoms with E-state index in [0.29, 0.717) is 35.5 Å². The van der Waals surface area contributed by atoms with Crippen LogP contribution in [0.25, 0.3) is 0 Å². The summed E-state index contributed by atoms with van der Waals surface area (Å²) < 4.78 is 27.1. The third-order valence-electron chi connectivity index (χ3n) is 5.47. The number of hydrogen-bond acceptors (Lipinski definition) is 4. The molecule has 2 amide bonds. The second kappa shape index (κ2) is 8.20. The number of hydrogen-bond donors (Lipinski definition) is 2. The van der Waals surface area contributed by atoms with Gasteiger partial charge in [-0.1, -0.05) is 6.07 Å². The van der Waals surface area contributed by atoms with Crippen molar-refractivity contribution in [3.8, 4) is 0 Å². The second-order valence-electron chi connectivity index (χ2n) is 7.87. The molecular weight excluding hydrogens is 402 g/mol. The van der Waals surface area contributed by atoms with Crippen LogP contribution in [0.2, 0.25) is 0 Å². The number of sulfonamides is 1. The fraction of sp³-hybridized carbons (Fsp3) is 0.364. The fourth-order valence-electron chi connectivity index (χ4n) is 3.48. The number of carbonyl (C=O) groups excluding carboxylic acids is 2. The molecule has 30 heavy (non-hydrogen) atoms. The van der Waals surface area contributed by atoms with Crippen molar-refractivity contribution in [2.24, 2.45) is 0 Å². The number of nitrogens with zero attached hydrogens (tertiary/aromatic N) is 1. The van der Waals surface area contributed by atoms with E-state index in [9.17, 15) is 18.0 Å². The molecule has 1 aliphatic heterocycles. The smallest absolute Gasteiger partial charge is 0.255 e. The van der Waals surface area contributed by atoms with Gasteiger partial charge in [0.15, 0.2) is 0 Å². The van der Waals surface area contributed by atoms with E-state index < -0.39 is 10.0 Å². The van der Waals surface area contributed by atoms with Crippen LogP contribution in [0, 0.1) is 6.92 Å². The zero-order valence-corrected chi connectivity index (χ0v) is 17.7. The molecule has 0 spiro atoms. The highest BCUT2D eigenvalue weighted by molar-refractivity contribution is 7.89. The van der Waals surface area contributed by atoms with Crippen molar-refractivity contribution in [2.45, 2.75) is 43.5 Å². The third kappa shape index (κ3) is 4.39. The molecule has 4 rings (SSSR count). The predicted octanol–water partition coefficient (Wildman–Crippen LogP) is 2.92. The molecule has 2 N–H and O–H groups in total. The summed E-state index contributed by atoms with van der Waals surface area (Å²) in [6, 6.07) is 11.6. The quantitative estimate of drug-likeness (QED) is 0.741. The van der Waals surface area contributed by atoms with Crippen LogP contribution in [-0.4, -0.2) is 43.7 Å². The molecule has 0 bridgehead atoms. The van der Waals surface area contributed by atoms with Crippen molar-refractivity contribution in [1.29, 1.82) is 0 Å². The lowest BCUT2D eigenvalue weighted by molar-refractivity contribution is 0.0950. The Kier molecular flexibility index (Phi) is 5.62. The lowest BCUT2D eigenvalue weighted by Crippen LogP contribution is -2.28. The summed E-state index contributed by atoms with van der Waals surface area (Å²) >= 11 is 0. The molecule has 7 nitrogen and oxygen atoms in total. The van der Waals surface area contributed by atoms with Gasteiger partial charge in [0.2, 0.25) is 10.0 Å². The van der Waals surface area contributed by atoms with Gasteiger partial charge in [0.05, 0.1) is 4.90 Å². The molecule has 1 aliphatic carbocycles. The van der Waals surface area contributed by atoms with E-state index in [1.807, 2.05) is 0 Å². The molecule has 2 fully saturated rings. The first-order valence-electron chi connectivity index (χ1n) is 10.2. The van der Waals surface area contributed by atoms with Gasteiger partial charge in [0, 0.05) is 35.9 Å². The molecule has 2 aliphatic rings. The average molecular weight is 428 g/mol. The molecule has 8 heteroatoms. The average Bonchev–Trinajstić information content (AvgIpc) is 3.35. The Morgan fingerprint density at radius 1 is 0.967 bits per heavy atom. The maximum Gasteiger partial charge on any atom is 0.255 e. The topological polar surface area (TPSA) is 95.6 Å². The van der Waals surface area contributed by atoms with E-state index in [-0.39, 0.29) is 22.8 Å². The molecule has 158 valence electrons. The van der Waals surface area contributed by atoms with Gasteiger partial charge >= 0.3 is 0 Å². The van der Waals surface area contributed by atoms with Gasteiger partial charge in [-0.2, -0.15) is 4.31 Å². The van der Waals surface area contributed by atoms with Crippen molar-refractivity contribution in [1.82, 2.24) is 9.62 Å². The van der Waals surface area contributed by atoms with E-state index >= 15 is 0 Å². The fourth-order valence-corrected chi connectivity index (χ4v) is 5.03. The zero-order valence-electron chi connectivity index (χ0n) is 16.8. The van der Waals surface area contributed by atoms with Crippen LogP contribution in [0.5, 0.6) is 0 Å². The first kappa shape index (κ1) is 20.6. The molecule has 2 aromatic rings. The summed E-state index contributed by atoms with van der Waals surface area (Å²) in [5.74, 6) is -0.507. The van der Waals surface area contributed by atoms with E-state index in [4.69, 9.17) is 0 Å². The van der Waals surface area contributed by atoms with E-state index in [1.165, 1.54) is 10.4 Å². The standard InChI is InChI=1S/C22H25N3O4S/c1-15-4-11-19(30(28,29)25-12-2-3-13-25)14-20(15)22(27)24-17-7-5-16(6-8-17)21(26)23-18-9-10-18/h4-8,11,14,18H,2-3,9-10,12-13H2,1H3,(H,23,26)(H,24,27). The Balaban J connectivity index is 1.49. The number of anilines is 1. The Labute approximate surface area is 176 Å². The summed E-state index contributed by atoms with van der Waals surface area (Å²) in [5.41, 5.74) is 2.07. The molecule has 0 radical (unpaired) electrons. The summed E-state index contributed by atoms with van der Waals surface area (Å²) in [6.45, 7) is 2.79. The first-order valence-corrected chi connectivity index (χ1v) is 11.6. The van der Waals surface area contributed by atoms with Crippen LogP contribution in [0.4, 0.5) is 5.69 Å². The van der Waals surface area contributed by atoms with Crippen LogP contribution in [-0.2, 0) is 10.0 Å². The van der Waals surface area contributed by atoms with Crippen molar-refractivity contribution >= 4 is 27.5 Å². The number of benzene rings is 2.